The topological polar surface area (TPSA) is 15.3 Å². The summed E-state index contributed by atoms with van der Waals surface area (Å²) in [7, 11) is 0. The average Bonchev–Trinajstić information content (AvgIpc) is 3.29. The van der Waals surface area contributed by atoms with Crippen LogP contribution in [0.2, 0.25) is 5.02 Å². The lowest BCUT2D eigenvalue weighted by atomic mass is 9.98. The Balaban J connectivity index is 1.84. The molecule has 3 rings (SSSR count). The van der Waals surface area contributed by atoms with E-state index in [9.17, 15) is 0 Å². The maximum atomic E-state index is 6.55. The molecule has 2 nitrogen and oxygen atoms in total. The number of piperidine rings is 1. The fourth-order valence-corrected chi connectivity index (χ4v) is 3.59. The molecule has 0 radical (unpaired) electrons. The molecular formula is C17H25ClN2. The molecule has 1 unspecified atom stereocenters. The highest BCUT2D eigenvalue weighted by atomic mass is 35.5. The third-order valence-corrected chi connectivity index (χ3v) is 4.92. The molecule has 110 valence electrons. The number of nitrogens with one attached hydrogen (secondary N) is 1. The second-order valence-corrected chi connectivity index (χ2v) is 6.56. The van der Waals surface area contributed by atoms with Crippen molar-refractivity contribution in [3.05, 3.63) is 28.8 Å². The Morgan fingerprint density at radius 2 is 2.10 bits per heavy atom. The van der Waals surface area contributed by atoms with Crippen LogP contribution >= 0.6 is 11.6 Å². The van der Waals surface area contributed by atoms with Gasteiger partial charge in [0.25, 0.3) is 0 Å². The van der Waals surface area contributed by atoms with Gasteiger partial charge in [-0.15, -0.1) is 0 Å². The summed E-state index contributed by atoms with van der Waals surface area (Å²) >= 11 is 6.55. The van der Waals surface area contributed by atoms with Gasteiger partial charge in [-0.3, -0.25) is 0 Å². The predicted octanol–water partition coefficient (Wildman–Crippen LogP) is 4.36. The van der Waals surface area contributed by atoms with Crippen LogP contribution in [0.25, 0.3) is 0 Å². The van der Waals surface area contributed by atoms with Crippen LogP contribution in [0.5, 0.6) is 0 Å². The molecule has 0 aromatic heterocycles. The Morgan fingerprint density at radius 3 is 2.85 bits per heavy atom. The van der Waals surface area contributed by atoms with Crippen LogP contribution in [0.4, 0.5) is 5.69 Å². The first-order valence-corrected chi connectivity index (χ1v) is 8.44. The van der Waals surface area contributed by atoms with E-state index in [1.807, 2.05) is 6.07 Å². The fraction of sp³-hybridized carbons (Fsp3) is 0.647. The predicted molar refractivity (Wildman–Crippen MR) is 86.6 cm³/mol. The highest BCUT2D eigenvalue weighted by Gasteiger charge is 2.26. The van der Waals surface area contributed by atoms with E-state index in [0.717, 1.165) is 24.2 Å². The van der Waals surface area contributed by atoms with Crippen LogP contribution in [0, 0.1) is 0 Å². The normalized spacial score (nSPS) is 23.1. The Kier molecular flexibility index (Phi) is 4.52. The number of para-hydroxylation sites is 1. The quantitative estimate of drug-likeness (QED) is 0.867. The minimum Gasteiger partial charge on any atom is -0.367 e. The molecule has 1 aromatic carbocycles. The van der Waals surface area contributed by atoms with Crippen LogP contribution in [-0.4, -0.2) is 18.6 Å². The number of benzene rings is 1. The number of anilines is 1. The van der Waals surface area contributed by atoms with Crippen molar-refractivity contribution in [2.24, 2.45) is 0 Å². The Labute approximate surface area is 127 Å². The third-order valence-electron chi connectivity index (χ3n) is 4.61. The van der Waals surface area contributed by atoms with E-state index in [1.54, 1.807) is 0 Å². The summed E-state index contributed by atoms with van der Waals surface area (Å²) in [5.41, 5.74) is 2.65. The van der Waals surface area contributed by atoms with Crippen LogP contribution < -0.4 is 10.2 Å². The second-order valence-electron chi connectivity index (χ2n) is 6.15. The zero-order valence-corrected chi connectivity index (χ0v) is 13.1. The van der Waals surface area contributed by atoms with Gasteiger partial charge in [0.05, 0.1) is 10.7 Å². The van der Waals surface area contributed by atoms with Crippen molar-refractivity contribution in [3.63, 3.8) is 0 Å². The number of halogens is 1. The molecule has 1 aromatic rings. The van der Waals surface area contributed by atoms with Crippen molar-refractivity contribution in [2.45, 2.75) is 64.1 Å². The first-order chi connectivity index (χ1) is 9.79. The second kappa shape index (κ2) is 6.36. The molecule has 1 aliphatic carbocycles. The maximum Gasteiger partial charge on any atom is 0.0643 e. The van der Waals surface area contributed by atoms with Gasteiger partial charge in [-0.2, -0.15) is 0 Å². The van der Waals surface area contributed by atoms with Gasteiger partial charge in [-0.25, -0.2) is 0 Å². The third kappa shape index (κ3) is 3.12. The summed E-state index contributed by atoms with van der Waals surface area (Å²) in [5, 5.41) is 4.54. The lowest BCUT2D eigenvalue weighted by Gasteiger charge is -2.39. The molecule has 0 spiro atoms. The molecular weight excluding hydrogens is 268 g/mol. The summed E-state index contributed by atoms with van der Waals surface area (Å²) in [6, 6.07) is 7.76. The highest BCUT2D eigenvalue weighted by molar-refractivity contribution is 6.33. The Bertz CT molecular complexity index is 456. The van der Waals surface area contributed by atoms with E-state index < -0.39 is 0 Å². The van der Waals surface area contributed by atoms with Gasteiger partial charge in [0, 0.05) is 25.2 Å². The number of hydrogen-bond donors (Lipinski definition) is 1. The summed E-state index contributed by atoms with van der Waals surface area (Å²) in [6.07, 6.45) is 7.82. The van der Waals surface area contributed by atoms with Crippen molar-refractivity contribution in [1.29, 1.82) is 0 Å². The molecule has 1 atom stereocenters. The highest BCUT2D eigenvalue weighted by Crippen LogP contribution is 2.35. The molecule has 3 heteroatoms. The van der Waals surface area contributed by atoms with E-state index in [4.69, 9.17) is 11.6 Å². The number of nitrogens with zero attached hydrogens (tertiary/aromatic N) is 1. The summed E-state index contributed by atoms with van der Waals surface area (Å²) < 4.78 is 0. The van der Waals surface area contributed by atoms with Crippen molar-refractivity contribution in [2.75, 3.05) is 11.4 Å². The smallest absolute Gasteiger partial charge is 0.0643 e. The summed E-state index contributed by atoms with van der Waals surface area (Å²) in [4.78, 5) is 2.57. The maximum absolute atomic E-state index is 6.55. The zero-order valence-electron chi connectivity index (χ0n) is 12.4. The molecule has 0 bridgehead atoms. The first kappa shape index (κ1) is 14.2. The summed E-state index contributed by atoms with van der Waals surface area (Å²) in [5.74, 6) is 0. The Morgan fingerprint density at radius 1 is 1.25 bits per heavy atom. The minimum absolute atomic E-state index is 0.656. The minimum atomic E-state index is 0.656. The van der Waals surface area contributed by atoms with E-state index >= 15 is 0 Å². The van der Waals surface area contributed by atoms with Gasteiger partial charge in [-0.1, -0.05) is 30.7 Å². The van der Waals surface area contributed by atoms with Crippen molar-refractivity contribution < 1.29 is 0 Å². The molecule has 2 aliphatic rings. The van der Waals surface area contributed by atoms with Crippen molar-refractivity contribution >= 4 is 17.3 Å². The standard InChI is InChI=1S/C17H25ClN2/c1-2-15-7-3-4-11-20(15)17-13(6-5-8-16(17)18)12-19-14-9-10-14/h5-6,8,14-15,19H,2-4,7,9-12H2,1H3. The molecule has 1 aliphatic heterocycles. The fourth-order valence-electron chi connectivity index (χ4n) is 3.29. The van der Waals surface area contributed by atoms with Gasteiger partial charge in [-0.05, 0) is 50.2 Å². The van der Waals surface area contributed by atoms with E-state index in [0.29, 0.717) is 6.04 Å². The molecule has 1 heterocycles. The summed E-state index contributed by atoms with van der Waals surface area (Å²) in [6.45, 7) is 4.40. The molecule has 1 saturated carbocycles. The SMILES string of the molecule is CCC1CCCCN1c1c(Cl)cccc1CNC1CC1. The van der Waals surface area contributed by atoms with Gasteiger partial charge in [0.2, 0.25) is 0 Å². The first-order valence-electron chi connectivity index (χ1n) is 8.07. The van der Waals surface area contributed by atoms with Crippen molar-refractivity contribution in [1.82, 2.24) is 5.32 Å². The molecule has 0 amide bonds. The number of hydrogen-bond acceptors (Lipinski definition) is 2. The van der Waals surface area contributed by atoms with E-state index in [2.05, 4.69) is 29.3 Å². The largest absolute Gasteiger partial charge is 0.367 e. The molecule has 2 fully saturated rings. The van der Waals surface area contributed by atoms with E-state index in [1.165, 1.54) is 49.8 Å². The Hall–Kier alpha value is -0.730. The molecule has 1 N–H and O–H groups in total. The van der Waals surface area contributed by atoms with Crippen LogP contribution in [0.1, 0.15) is 51.0 Å². The van der Waals surface area contributed by atoms with Crippen LogP contribution in [-0.2, 0) is 6.54 Å². The van der Waals surface area contributed by atoms with Crippen molar-refractivity contribution in [3.8, 4) is 0 Å². The molecule has 20 heavy (non-hydrogen) atoms. The van der Waals surface area contributed by atoms with Gasteiger partial charge < -0.3 is 10.2 Å². The lowest BCUT2D eigenvalue weighted by molar-refractivity contribution is 0.448. The average molecular weight is 293 g/mol. The lowest BCUT2D eigenvalue weighted by Crippen LogP contribution is -2.40. The van der Waals surface area contributed by atoms with Gasteiger partial charge in [0.15, 0.2) is 0 Å². The van der Waals surface area contributed by atoms with E-state index in [-0.39, 0.29) is 0 Å². The monoisotopic (exact) mass is 292 g/mol. The van der Waals surface area contributed by atoms with Crippen LogP contribution in [0.15, 0.2) is 18.2 Å². The zero-order chi connectivity index (χ0) is 13.9. The van der Waals surface area contributed by atoms with Crippen LogP contribution in [0.3, 0.4) is 0 Å². The van der Waals surface area contributed by atoms with Gasteiger partial charge >= 0.3 is 0 Å². The van der Waals surface area contributed by atoms with Gasteiger partial charge in [0.1, 0.15) is 0 Å². The molecule has 1 saturated heterocycles. The number of rotatable bonds is 5.